The van der Waals surface area contributed by atoms with Crippen LogP contribution in [0.5, 0.6) is 0 Å². The Morgan fingerprint density at radius 1 is 1.25 bits per heavy atom. The van der Waals surface area contributed by atoms with E-state index in [1.165, 1.54) is 42.4 Å². The summed E-state index contributed by atoms with van der Waals surface area (Å²) in [5.74, 6) is 1.16. The molecular weight excluding hydrogens is 344 g/mol. The quantitative estimate of drug-likeness (QED) is 0.765. The number of amides is 1. The van der Waals surface area contributed by atoms with Crippen molar-refractivity contribution in [2.24, 2.45) is 11.8 Å². The lowest BCUT2D eigenvalue weighted by Gasteiger charge is -2.30. The van der Waals surface area contributed by atoms with E-state index in [0.29, 0.717) is 18.2 Å². The molecule has 1 N–H and O–H groups in total. The number of likely N-dealkylation sites (tertiary alicyclic amines) is 2. The minimum Gasteiger partial charge on any atom is -0.396 e. The zero-order valence-electron chi connectivity index (χ0n) is 14.2. The number of aliphatic hydroxyl groups excluding tert-OH is 1. The van der Waals surface area contributed by atoms with Gasteiger partial charge in [-0.25, -0.2) is 0 Å². The molecule has 6 nitrogen and oxygen atoms in total. The predicted octanol–water partition coefficient (Wildman–Crippen LogP) is 1.49. The first-order valence-corrected chi connectivity index (χ1v) is 10.5. The van der Waals surface area contributed by atoms with Crippen LogP contribution in [0.25, 0.3) is 0 Å². The fraction of sp³-hybridized carbons (Fsp3) is 0.812. The molecule has 24 heavy (non-hydrogen) atoms. The van der Waals surface area contributed by atoms with E-state index in [2.05, 4.69) is 15.1 Å². The summed E-state index contributed by atoms with van der Waals surface area (Å²) < 4.78 is 0.851. The molecule has 0 spiro atoms. The smallest absolute Gasteiger partial charge is 0.233 e. The second kappa shape index (κ2) is 8.60. The number of aliphatic hydroxyl groups is 1. The Morgan fingerprint density at radius 3 is 2.67 bits per heavy atom. The summed E-state index contributed by atoms with van der Waals surface area (Å²) in [6.45, 7) is 6.88. The Balaban J connectivity index is 1.49. The van der Waals surface area contributed by atoms with Gasteiger partial charge in [0.1, 0.15) is 5.01 Å². The predicted molar refractivity (Wildman–Crippen MR) is 96.3 cm³/mol. The maximum Gasteiger partial charge on any atom is 0.233 e. The highest BCUT2D eigenvalue weighted by Crippen LogP contribution is 2.27. The van der Waals surface area contributed by atoms with Crippen LogP contribution >= 0.6 is 23.1 Å². The van der Waals surface area contributed by atoms with Gasteiger partial charge in [-0.3, -0.25) is 4.79 Å². The Hall–Kier alpha value is -0.700. The number of nitrogens with zero attached hydrogens (tertiary/aromatic N) is 4. The molecule has 3 heterocycles. The summed E-state index contributed by atoms with van der Waals surface area (Å²) in [7, 11) is 0. The van der Waals surface area contributed by atoms with Gasteiger partial charge < -0.3 is 14.9 Å². The SMILES string of the molecule is Cc1nnc(SCC(=O)N2C[C@@H](CN3CCCCC3)[C@@H](CO)C2)s1. The van der Waals surface area contributed by atoms with Crippen molar-refractivity contribution in [2.45, 2.75) is 30.5 Å². The van der Waals surface area contributed by atoms with E-state index >= 15 is 0 Å². The summed E-state index contributed by atoms with van der Waals surface area (Å²) in [4.78, 5) is 16.9. The highest BCUT2D eigenvalue weighted by Gasteiger charge is 2.35. The van der Waals surface area contributed by atoms with E-state index in [4.69, 9.17) is 0 Å². The minimum atomic E-state index is 0.146. The summed E-state index contributed by atoms with van der Waals surface area (Å²) in [6, 6.07) is 0. The van der Waals surface area contributed by atoms with Gasteiger partial charge in [0.05, 0.1) is 5.75 Å². The van der Waals surface area contributed by atoms with Gasteiger partial charge in [0.2, 0.25) is 5.91 Å². The van der Waals surface area contributed by atoms with E-state index < -0.39 is 0 Å². The van der Waals surface area contributed by atoms with E-state index in [1.54, 1.807) is 0 Å². The van der Waals surface area contributed by atoms with Crippen LogP contribution in [-0.2, 0) is 4.79 Å². The van der Waals surface area contributed by atoms with Crippen molar-refractivity contribution < 1.29 is 9.90 Å². The maximum atomic E-state index is 12.5. The number of thioether (sulfide) groups is 1. The molecule has 0 saturated carbocycles. The fourth-order valence-corrected chi connectivity index (χ4v) is 5.30. The van der Waals surface area contributed by atoms with Crippen molar-refractivity contribution in [1.29, 1.82) is 0 Å². The number of hydrogen-bond acceptors (Lipinski definition) is 7. The fourth-order valence-electron chi connectivity index (χ4n) is 3.58. The number of carbonyl (C=O) groups is 1. The van der Waals surface area contributed by atoms with Gasteiger partial charge in [-0.1, -0.05) is 29.5 Å². The molecule has 8 heteroatoms. The van der Waals surface area contributed by atoms with Gasteiger partial charge in [-0.15, -0.1) is 10.2 Å². The van der Waals surface area contributed by atoms with Gasteiger partial charge in [-0.05, 0) is 38.8 Å². The highest BCUT2D eigenvalue weighted by atomic mass is 32.2. The van der Waals surface area contributed by atoms with Gasteiger partial charge >= 0.3 is 0 Å². The van der Waals surface area contributed by atoms with Crippen molar-refractivity contribution in [3.05, 3.63) is 5.01 Å². The second-order valence-electron chi connectivity index (χ2n) is 6.74. The molecule has 1 aromatic heterocycles. The van der Waals surface area contributed by atoms with Gasteiger partial charge in [-0.2, -0.15) is 0 Å². The third kappa shape index (κ3) is 4.68. The number of carbonyl (C=O) groups excluding carboxylic acids is 1. The third-order valence-electron chi connectivity index (χ3n) is 4.93. The lowest BCUT2D eigenvalue weighted by Crippen LogP contribution is -2.37. The molecule has 0 bridgehead atoms. The van der Waals surface area contributed by atoms with E-state index in [0.717, 1.165) is 35.5 Å². The molecule has 2 aliphatic heterocycles. The van der Waals surface area contributed by atoms with Crippen LogP contribution in [0, 0.1) is 18.8 Å². The lowest BCUT2D eigenvalue weighted by molar-refractivity contribution is -0.127. The molecule has 2 saturated heterocycles. The van der Waals surface area contributed by atoms with Crippen LogP contribution in [0.2, 0.25) is 0 Å². The highest BCUT2D eigenvalue weighted by molar-refractivity contribution is 8.01. The summed E-state index contributed by atoms with van der Waals surface area (Å²) in [5.41, 5.74) is 0. The molecule has 0 aliphatic carbocycles. The Bertz CT molecular complexity index is 548. The molecule has 0 aromatic carbocycles. The zero-order valence-corrected chi connectivity index (χ0v) is 15.8. The van der Waals surface area contributed by atoms with Crippen molar-refractivity contribution in [1.82, 2.24) is 20.0 Å². The van der Waals surface area contributed by atoms with Crippen molar-refractivity contribution in [3.8, 4) is 0 Å². The second-order valence-corrected chi connectivity index (χ2v) is 9.14. The minimum absolute atomic E-state index is 0.146. The molecule has 134 valence electrons. The molecule has 2 atom stereocenters. The molecule has 0 unspecified atom stereocenters. The summed E-state index contributed by atoms with van der Waals surface area (Å²) in [5, 5.41) is 18.7. The van der Waals surface area contributed by atoms with Gasteiger partial charge in [0, 0.05) is 32.2 Å². The van der Waals surface area contributed by atoms with Gasteiger partial charge in [0.15, 0.2) is 4.34 Å². The lowest BCUT2D eigenvalue weighted by atomic mass is 9.95. The van der Waals surface area contributed by atoms with E-state index in [1.807, 2.05) is 11.8 Å². The molecule has 0 radical (unpaired) electrons. The Kier molecular flexibility index (Phi) is 6.49. The van der Waals surface area contributed by atoms with Crippen LogP contribution in [0.3, 0.4) is 0 Å². The molecule has 2 fully saturated rings. The van der Waals surface area contributed by atoms with Gasteiger partial charge in [0.25, 0.3) is 0 Å². The zero-order chi connectivity index (χ0) is 16.9. The van der Waals surface area contributed by atoms with Crippen LogP contribution in [-0.4, -0.2) is 76.1 Å². The van der Waals surface area contributed by atoms with Crippen molar-refractivity contribution in [3.63, 3.8) is 0 Å². The topological polar surface area (TPSA) is 69.6 Å². The number of piperidine rings is 1. The Morgan fingerprint density at radius 2 is 2.00 bits per heavy atom. The summed E-state index contributed by atoms with van der Waals surface area (Å²) >= 11 is 2.99. The first-order valence-electron chi connectivity index (χ1n) is 8.69. The largest absolute Gasteiger partial charge is 0.396 e. The standard InChI is InChI=1S/C16H26N4O2S2/c1-12-17-18-16(24-12)23-11-15(22)20-8-13(14(9-20)10-21)7-19-5-3-2-4-6-19/h13-14,21H,2-11H2,1H3/t13-,14-/m1/s1. The van der Waals surface area contributed by atoms with Crippen LogP contribution < -0.4 is 0 Å². The number of aryl methyl sites for hydroxylation is 1. The molecule has 2 aliphatic rings. The number of hydrogen-bond donors (Lipinski definition) is 1. The average molecular weight is 371 g/mol. The van der Waals surface area contributed by atoms with Crippen LogP contribution in [0.1, 0.15) is 24.3 Å². The van der Waals surface area contributed by atoms with Crippen molar-refractivity contribution in [2.75, 3.05) is 45.1 Å². The first kappa shape index (κ1) is 18.1. The monoisotopic (exact) mass is 370 g/mol. The maximum absolute atomic E-state index is 12.5. The Labute approximate surface area is 151 Å². The molecule has 1 amide bonds. The third-order valence-corrected chi connectivity index (χ3v) is 6.89. The number of rotatable bonds is 6. The average Bonchev–Trinajstić information content (AvgIpc) is 3.19. The van der Waals surface area contributed by atoms with Crippen LogP contribution in [0.4, 0.5) is 0 Å². The molecular formula is C16H26N4O2S2. The summed E-state index contributed by atoms with van der Waals surface area (Å²) in [6.07, 6.45) is 3.88. The van der Waals surface area contributed by atoms with E-state index in [9.17, 15) is 9.90 Å². The first-order chi connectivity index (χ1) is 11.7. The number of aromatic nitrogens is 2. The van der Waals surface area contributed by atoms with Crippen molar-refractivity contribution >= 4 is 29.0 Å². The molecule has 3 rings (SSSR count). The normalized spacial score (nSPS) is 25.3. The molecule has 1 aromatic rings. The van der Waals surface area contributed by atoms with E-state index in [-0.39, 0.29) is 18.4 Å². The van der Waals surface area contributed by atoms with Crippen LogP contribution in [0.15, 0.2) is 4.34 Å².